The fraction of sp³-hybridized carbons (Fsp3) is 0.500. The summed E-state index contributed by atoms with van der Waals surface area (Å²) in [5, 5.41) is 9.78. The molecule has 0 aliphatic carbocycles. The Balaban J connectivity index is 2.85. The van der Waals surface area contributed by atoms with Gasteiger partial charge >= 0.3 is 0 Å². The molecule has 17 heavy (non-hydrogen) atoms. The Bertz CT molecular complexity index is 453. The molecule has 5 heteroatoms. The topological polar surface area (TPSA) is 54.4 Å². The van der Waals surface area contributed by atoms with E-state index in [2.05, 4.69) is 15.9 Å². The van der Waals surface area contributed by atoms with Gasteiger partial charge < -0.3 is 5.11 Å². The summed E-state index contributed by atoms with van der Waals surface area (Å²) in [6.07, 6.45) is -0.0505. The average Bonchev–Trinajstić information content (AvgIpc) is 2.27. The average molecular weight is 321 g/mol. The van der Waals surface area contributed by atoms with E-state index in [4.69, 9.17) is 0 Å². The van der Waals surface area contributed by atoms with Crippen molar-refractivity contribution in [2.75, 3.05) is 5.75 Å². The second-order valence-corrected chi connectivity index (χ2v) is 7.14. The van der Waals surface area contributed by atoms with Gasteiger partial charge in [0.2, 0.25) is 0 Å². The van der Waals surface area contributed by atoms with Crippen molar-refractivity contribution in [3.63, 3.8) is 0 Å². The lowest BCUT2D eigenvalue weighted by molar-refractivity contribution is 0.135. The second-order valence-electron chi connectivity index (χ2n) is 4.19. The predicted molar refractivity (Wildman–Crippen MR) is 71.7 cm³/mol. The number of halogens is 1. The van der Waals surface area contributed by atoms with Crippen molar-refractivity contribution in [2.24, 2.45) is 5.92 Å². The van der Waals surface area contributed by atoms with Gasteiger partial charge in [-0.1, -0.05) is 36.2 Å². The van der Waals surface area contributed by atoms with E-state index < -0.39 is 15.9 Å². The van der Waals surface area contributed by atoms with Crippen LogP contribution in [-0.4, -0.2) is 25.4 Å². The van der Waals surface area contributed by atoms with Crippen LogP contribution in [-0.2, 0) is 9.84 Å². The molecule has 2 atom stereocenters. The monoisotopic (exact) mass is 320 g/mol. The molecule has 0 heterocycles. The maximum absolute atomic E-state index is 12.0. The smallest absolute Gasteiger partial charge is 0.180 e. The van der Waals surface area contributed by atoms with Crippen LogP contribution in [0.5, 0.6) is 0 Å². The molecule has 3 nitrogen and oxygen atoms in total. The van der Waals surface area contributed by atoms with Crippen LogP contribution >= 0.6 is 15.9 Å². The summed E-state index contributed by atoms with van der Waals surface area (Å²) >= 11 is 3.25. The van der Waals surface area contributed by atoms with Crippen LogP contribution in [0.2, 0.25) is 0 Å². The van der Waals surface area contributed by atoms with Crippen LogP contribution in [0, 0.1) is 5.92 Å². The van der Waals surface area contributed by atoms with Crippen LogP contribution in [0.25, 0.3) is 0 Å². The Kier molecular flexibility index (Phi) is 5.16. The minimum absolute atomic E-state index is 0.0137. The van der Waals surface area contributed by atoms with E-state index in [0.29, 0.717) is 0 Å². The lowest BCUT2D eigenvalue weighted by atomic mass is 10.0. The number of hydrogen-bond donors (Lipinski definition) is 1. The maximum Gasteiger partial charge on any atom is 0.180 e. The highest BCUT2D eigenvalue weighted by atomic mass is 79.9. The molecular formula is C12H17BrO3S. The third kappa shape index (κ3) is 4.08. The second kappa shape index (κ2) is 5.98. The summed E-state index contributed by atoms with van der Waals surface area (Å²) < 4.78 is 24.8. The normalized spacial score (nSPS) is 15.5. The fourth-order valence-electron chi connectivity index (χ4n) is 1.40. The van der Waals surface area contributed by atoms with Gasteiger partial charge in [0.1, 0.15) is 0 Å². The van der Waals surface area contributed by atoms with Crippen molar-refractivity contribution < 1.29 is 13.5 Å². The molecule has 0 spiro atoms. The van der Waals surface area contributed by atoms with Gasteiger partial charge in [-0.05, 0) is 30.2 Å². The van der Waals surface area contributed by atoms with Gasteiger partial charge in [-0.15, -0.1) is 0 Å². The summed E-state index contributed by atoms with van der Waals surface area (Å²) in [5.41, 5.74) is 0. The van der Waals surface area contributed by atoms with Crippen molar-refractivity contribution in [3.05, 3.63) is 28.7 Å². The molecule has 0 aliphatic heterocycles. The molecule has 0 aromatic heterocycles. The fourth-order valence-corrected chi connectivity index (χ4v) is 3.18. The minimum atomic E-state index is -3.40. The number of aliphatic hydroxyl groups excluding tert-OH is 1. The van der Waals surface area contributed by atoms with Crippen molar-refractivity contribution in [3.8, 4) is 0 Å². The molecule has 0 radical (unpaired) electrons. The first kappa shape index (κ1) is 14.7. The minimum Gasteiger partial charge on any atom is -0.392 e. The van der Waals surface area contributed by atoms with Crippen LogP contribution in [0.3, 0.4) is 0 Å². The summed E-state index contributed by atoms with van der Waals surface area (Å²) in [4.78, 5) is 0.253. The first-order valence-electron chi connectivity index (χ1n) is 5.53. The van der Waals surface area contributed by atoms with Crippen LogP contribution in [0.15, 0.2) is 33.6 Å². The molecule has 96 valence electrons. The van der Waals surface area contributed by atoms with E-state index in [1.807, 2.05) is 13.8 Å². The highest BCUT2D eigenvalue weighted by Gasteiger charge is 2.22. The van der Waals surface area contributed by atoms with Gasteiger partial charge in [-0.2, -0.15) is 0 Å². The highest BCUT2D eigenvalue weighted by molar-refractivity contribution is 9.10. The Morgan fingerprint density at radius 1 is 1.29 bits per heavy atom. The zero-order chi connectivity index (χ0) is 13.1. The Labute approximate surface area is 111 Å². The molecule has 0 saturated carbocycles. The van der Waals surface area contributed by atoms with Gasteiger partial charge in [-0.3, -0.25) is 0 Å². The quantitative estimate of drug-likeness (QED) is 0.907. The third-order valence-corrected chi connectivity index (χ3v) is 5.16. The van der Waals surface area contributed by atoms with Gasteiger partial charge in [0, 0.05) is 4.47 Å². The molecular weight excluding hydrogens is 304 g/mol. The van der Waals surface area contributed by atoms with Crippen LogP contribution in [0.1, 0.15) is 20.3 Å². The van der Waals surface area contributed by atoms with E-state index >= 15 is 0 Å². The number of aliphatic hydroxyl groups is 1. The summed E-state index contributed by atoms with van der Waals surface area (Å²) in [7, 11) is -3.40. The van der Waals surface area contributed by atoms with Crippen LogP contribution in [0.4, 0.5) is 0 Å². The van der Waals surface area contributed by atoms with E-state index in [1.54, 1.807) is 24.3 Å². The summed E-state index contributed by atoms with van der Waals surface area (Å²) in [6.45, 7) is 3.78. The molecule has 0 bridgehead atoms. The summed E-state index contributed by atoms with van der Waals surface area (Å²) in [5.74, 6) is -0.232. The zero-order valence-corrected chi connectivity index (χ0v) is 12.3. The first-order valence-corrected chi connectivity index (χ1v) is 7.97. The number of benzene rings is 1. The van der Waals surface area contributed by atoms with E-state index in [1.165, 1.54) is 0 Å². The maximum atomic E-state index is 12.0. The number of rotatable bonds is 5. The summed E-state index contributed by atoms with van der Waals surface area (Å²) in [6, 6.07) is 6.45. The van der Waals surface area contributed by atoms with Gasteiger partial charge in [0.15, 0.2) is 9.84 Å². The van der Waals surface area contributed by atoms with Crippen molar-refractivity contribution >= 4 is 25.8 Å². The van der Waals surface area contributed by atoms with Crippen molar-refractivity contribution in [1.29, 1.82) is 0 Å². The zero-order valence-electron chi connectivity index (χ0n) is 9.93. The first-order chi connectivity index (χ1) is 7.86. The largest absolute Gasteiger partial charge is 0.392 e. The molecule has 0 aliphatic rings. The Hall–Kier alpha value is -0.390. The van der Waals surface area contributed by atoms with Crippen molar-refractivity contribution in [2.45, 2.75) is 31.3 Å². The highest BCUT2D eigenvalue weighted by Crippen LogP contribution is 2.18. The molecule has 1 aromatic carbocycles. The lowest BCUT2D eigenvalue weighted by Gasteiger charge is -2.17. The molecule has 1 rings (SSSR count). The van der Waals surface area contributed by atoms with Crippen molar-refractivity contribution in [1.82, 2.24) is 0 Å². The molecule has 1 aromatic rings. The SMILES string of the molecule is CCC(C)C(O)CS(=O)(=O)c1ccc(Br)cc1. The number of hydrogen-bond acceptors (Lipinski definition) is 3. The van der Waals surface area contributed by atoms with Gasteiger partial charge in [-0.25, -0.2) is 8.42 Å². The molecule has 2 unspecified atom stereocenters. The third-order valence-electron chi connectivity index (χ3n) is 2.86. The molecule has 0 saturated heterocycles. The Morgan fingerprint density at radius 2 is 1.82 bits per heavy atom. The standard InChI is InChI=1S/C12H17BrO3S/c1-3-9(2)12(14)8-17(15,16)11-6-4-10(13)5-7-11/h4-7,9,12,14H,3,8H2,1-2H3. The van der Waals surface area contributed by atoms with Gasteiger partial charge in [0.05, 0.1) is 16.8 Å². The Morgan fingerprint density at radius 3 is 2.29 bits per heavy atom. The van der Waals surface area contributed by atoms with E-state index in [-0.39, 0.29) is 16.6 Å². The lowest BCUT2D eigenvalue weighted by Crippen LogP contribution is -2.27. The molecule has 0 fully saturated rings. The van der Waals surface area contributed by atoms with E-state index in [0.717, 1.165) is 10.9 Å². The van der Waals surface area contributed by atoms with Gasteiger partial charge in [0.25, 0.3) is 0 Å². The molecule has 1 N–H and O–H groups in total. The molecule has 0 amide bonds. The predicted octanol–water partition coefficient (Wildman–Crippen LogP) is 2.63. The van der Waals surface area contributed by atoms with E-state index in [9.17, 15) is 13.5 Å². The van der Waals surface area contributed by atoms with Crippen LogP contribution < -0.4 is 0 Å². The number of sulfone groups is 1.